The molecule has 1 heterocycles. The van der Waals surface area contributed by atoms with Gasteiger partial charge in [-0.3, -0.25) is 4.79 Å². The summed E-state index contributed by atoms with van der Waals surface area (Å²) in [6.07, 6.45) is 2.39. The summed E-state index contributed by atoms with van der Waals surface area (Å²) in [7, 11) is 1.49. The van der Waals surface area contributed by atoms with Crippen LogP contribution in [0.5, 0.6) is 11.5 Å². The Labute approximate surface area is 168 Å². The van der Waals surface area contributed by atoms with Crippen molar-refractivity contribution in [2.24, 2.45) is 0 Å². The van der Waals surface area contributed by atoms with Crippen LogP contribution in [0.4, 0.5) is 17.1 Å². The third-order valence-corrected chi connectivity index (χ3v) is 4.82. The van der Waals surface area contributed by atoms with E-state index in [0.29, 0.717) is 17.0 Å². The van der Waals surface area contributed by atoms with Gasteiger partial charge in [0.25, 0.3) is 5.91 Å². The maximum Gasteiger partial charge on any atom is 0.257 e. The van der Waals surface area contributed by atoms with E-state index in [4.69, 9.17) is 10.5 Å². The summed E-state index contributed by atoms with van der Waals surface area (Å²) in [6.45, 7) is 0. The van der Waals surface area contributed by atoms with Crippen LogP contribution in [-0.4, -0.2) is 18.1 Å². The minimum absolute atomic E-state index is 0.0259. The summed E-state index contributed by atoms with van der Waals surface area (Å²) in [4.78, 5) is 12.4. The number of amides is 1. The van der Waals surface area contributed by atoms with Gasteiger partial charge in [-0.05, 0) is 53.9 Å². The number of nitrogen functional groups attached to an aromatic ring is 1. The van der Waals surface area contributed by atoms with Gasteiger partial charge in [-0.15, -0.1) is 0 Å². The molecule has 0 radical (unpaired) electrons. The van der Waals surface area contributed by atoms with E-state index in [1.54, 1.807) is 24.4 Å². The molecule has 3 aromatic carbocycles. The van der Waals surface area contributed by atoms with Crippen molar-refractivity contribution in [3.05, 3.63) is 83.6 Å². The molecule has 0 saturated heterocycles. The number of carbonyl (C=O) groups excluding carboxylic acids is 1. The van der Waals surface area contributed by atoms with Crippen LogP contribution >= 0.6 is 0 Å². The van der Waals surface area contributed by atoms with Gasteiger partial charge < -0.3 is 26.2 Å². The molecule has 0 bridgehead atoms. The molecule has 4 rings (SSSR count). The van der Waals surface area contributed by atoms with Crippen molar-refractivity contribution in [1.82, 2.24) is 0 Å². The number of fused-ring (bicyclic) bond motifs is 1. The average Bonchev–Trinajstić information content (AvgIpc) is 3.03. The van der Waals surface area contributed by atoms with Crippen LogP contribution in [0.25, 0.3) is 5.57 Å². The molecule has 0 saturated carbocycles. The van der Waals surface area contributed by atoms with Crippen LogP contribution in [0.2, 0.25) is 0 Å². The number of phenols is 1. The maximum atomic E-state index is 12.4. The van der Waals surface area contributed by atoms with Crippen molar-refractivity contribution in [2.45, 2.75) is 6.42 Å². The molecule has 6 nitrogen and oxygen atoms in total. The highest BCUT2D eigenvalue weighted by atomic mass is 16.5. The first-order valence-corrected chi connectivity index (χ1v) is 9.16. The third kappa shape index (κ3) is 3.87. The van der Waals surface area contributed by atoms with Crippen LogP contribution < -0.4 is 21.1 Å². The second-order valence-electron chi connectivity index (χ2n) is 6.84. The predicted molar refractivity (Wildman–Crippen MR) is 115 cm³/mol. The standard InChI is InChI=1S/C23H21N3O3/c1-29-22-9-7-17(12-21(22)27)25-13-19-18-11-15(4-8-20(18)26-23(19)28)10-14-2-5-16(24)6-3-14/h2-9,11-13,25,27H,10,24H2,1H3,(H,26,28). The zero-order valence-corrected chi connectivity index (χ0v) is 15.9. The molecule has 6 heteroatoms. The first-order valence-electron chi connectivity index (χ1n) is 9.16. The second-order valence-corrected chi connectivity index (χ2v) is 6.84. The summed E-state index contributed by atoms with van der Waals surface area (Å²) >= 11 is 0. The molecule has 0 aliphatic carbocycles. The lowest BCUT2D eigenvalue weighted by molar-refractivity contribution is -0.110. The molecule has 1 aliphatic heterocycles. The zero-order valence-electron chi connectivity index (χ0n) is 15.9. The number of nitrogens with one attached hydrogen (secondary N) is 2. The number of carbonyl (C=O) groups is 1. The van der Waals surface area contributed by atoms with Gasteiger partial charge in [0, 0.05) is 34.9 Å². The van der Waals surface area contributed by atoms with Crippen molar-refractivity contribution in [2.75, 3.05) is 23.5 Å². The normalized spacial score (nSPS) is 13.8. The Morgan fingerprint density at radius 2 is 1.83 bits per heavy atom. The molecular formula is C23H21N3O3. The van der Waals surface area contributed by atoms with Gasteiger partial charge in [0.05, 0.1) is 12.7 Å². The van der Waals surface area contributed by atoms with E-state index in [2.05, 4.69) is 10.6 Å². The Morgan fingerprint density at radius 3 is 2.55 bits per heavy atom. The van der Waals surface area contributed by atoms with E-state index in [1.807, 2.05) is 42.5 Å². The molecule has 29 heavy (non-hydrogen) atoms. The minimum Gasteiger partial charge on any atom is -0.504 e. The zero-order chi connectivity index (χ0) is 20.4. The molecule has 5 N–H and O–H groups in total. The van der Waals surface area contributed by atoms with Gasteiger partial charge in [0.1, 0.15) is 0 Å². The number of anilines is 3. The fourth-order valence-electron chi connectivity index (χ4n) is 3.29. The van der Waals surface area contributed by atoms with Crippen LogP contribution in [-0.2, 0) is 11.2 Å². The third-order valence-electron chi connectivity index (χ3n) is 4.82. The van der Waals surface area contributed by atoms with Crippen LogP contribution in [0.1, 0.15) is 16.7 Å². The SMILES string of the molecule is COc1ccc(NC=C2C(=O)Nc3ccc(Cc4ccc(N)cc4)cc32)cc1O. The molecule has 0 fully saturated rings. The topological polar surface area (TPSA) is 96.6 Å². The average molecular weight is 387 g/mol. The molecule has 1 aliphatic rings. The number of rotatable bonds is 5. The van der Waals surface area contributed by atoms with Crippen molar-refractivity contribution in [3.63, 3.8) is 0 Å². The number of phenolic OH excluding ortho intramolecular Hbond substituents is 1. The van der Waals surface area contributed by atoms with Gasteiger partial charge in [0.15, 0.2) is 11.5 Å². The highest BCUT2D eigenvalue weighted by Crippen LogP contribution is 2.34. The van der Waals surface area contributed by atoms with Gasteiger partial charge in [-0.1, -0.05) is 18.2 Å². The Kier molecular flexibility index (Phi) is 4.83. The number of benzene rings is 3. The van der Waals surface area contributed by atoms with Crippen LogP contribution in [0, 0.1) is 0 Å². The minimum atomic E-state index is -0.171. The summed E-state index contributed by atoms with van der Waals surface area (Å²) in [5.74, 6) is 0.243. The van der Waals surface area contributed by atoms with E-state index >= 15 is 0 Å². The molecule has 146 valence electrons. The van der Waals surface area contributed by atoms with Gasteiger partial charge in [-0.25, -0.2) is 0 Å². The van der Waals surface area contributed by atoms with Gasteiger partial charge in [0.2, 0.25) is 0 Å². The second kappa shape index (κ2) is 7.59. The van der Waals surface area contributed by atoms with E-state index < -0.39 is 0 Å². The van der Waals surface area contributed by atoms with Crippen LogP contribution in [0.15, 0.2) is 66.9 Å². The van der Waals surface area contributed by atoms with E-state index in [-0.39, 0.29) is 11.7 Å². The van der Waals surface area contributed by atoms with E-state index in [9.17, 15) is 9.90 Å². The molecule has 0 spiro atoms. The first-order chi connectivity index (χ1) is 14.0. The number of methoxy groups -OCH3 is 1. The number of hydrogen-bond donors (Lipinski definition) is 4. The molecular weight excluding hydrogens is 366 g/mol. The number of ether oxygens (including phenoxy) is 1. The summed E-state index contributed by atoms with van der Waals surface area (Å²) in [6, 6.07) is 18.7. The van der Waals surface area contributed by atoms with E-state index in [0.717, 1.165) is 34.5 Å². The number of hydrogen-bond acceptors (Lipinski definition) is 5. The Bertz CT molecular complexity index is 1100. The lowest BCUT2D eigenvalue weighted by Crippen LogP contribution is -2.05. The lowest BCUT2D eigenvalue weighted by Gasteiger charge is -2.08. The maximum absolute atomic E-state index is 12.4. The fraction of sp³-hybridized carbons (Fsp3) is 0.0870. The fourth-order valence-corrected chi connectivity index (χ4v) is 3.29. The number of aromatic hydroxyl groups is 1. The molecule has 0 atom stereocenters. The summed E-state index contributed by atoms with van der Waals surface area (Å²) in [5, 5.41) is 15.9. The quantitative estimate of drug-likeness (QED) is 0.392. The molecule has 0 unspecified atom stereocenters. The van der Waals surface area contributed by atoms with Crippen molar-refractivity contribution in [1.29, 1.82) is 0 Å². The highest BCUT2D eigenvalue weighted by molar-refractivity contribution is 6.31. The molecule has 3 aromatic rings. The van der Waals surface area contributed by atoms with Crippen molar-refractivity contribution in [3.8, 4) is 11.5 Å². The predicted octanol–water partition coefficient (Wildman–Crippen LogP) is 3.98. The monoisotopic (exact) mass is 387 g/mol. The van der Waals surface area contributed by atoms with Crippen LogP contribution in [0.3, 0.4) is 0 Å². The summed E-state index contributed by atoms with van der Waals surface area (Å²) < 4.78 is 5.05. The van der Waals surface area contributed by atoms with Crippen molar-refractivity contribution >= 4 is 28.5 Å². The molecule has 1 amide bonds. The van der Waals surface area contributed by atoms with Crippen molar-refractivity contribution < 1.29 is 14.6 Å². The Balaban J connectivity index is 1.58. The largest absolute Gasteiger partial charge is 0.504 e. The van der Waals surface area contributed by atoms with Gasteiger partial charge >= 0.3 is 0 Å². The summed E-state index contributed by atoms with van der Waals surface area (Å²) in [5.41, 5.74) is 11.5. The van der Waals surface area contributed by atoms with E-state index in [1.165, 1.54) is 7.11 Å². The van der Waals surface area contributed by atoms with Gasteiger partial charge in [-0.2, -0.15) is 0 Å². The Hall–Kier alpha value is -3.93. The highest BCUT2D eigenvalue weighted by Gasteiger charge is 2.24. The lowest BCUT2D eigenvalue weighted by atomic mass is 9.99. The molecule has 0 aromatic heterocycles. The first kappa shape index (κ1) is 18.4. The smallest absolute Gasteiger partial charge is 0.257 e. The Morgan fingerprint density at radius 1 is 1.07 bits per heavy atom. The number of nitrogens with two attached hydrogens (primary N) is 1.